The Morgan fingerprint density at radius 2 is 2.06 bits per heavy atom. The molecule has 1 rings (SSSR count). The van der Waals surface area contributed by atoms with E-state index in [1.165, 1.54) is 6.42 Å². The Hall–Kier alpha value is -0.120. The van der Waals surface area contributed by atoms with E-state index in [9.17, 15) is 0 Å². The van der Waals surface area contributed by atoms with Gasteiger partial charge in [0, 0.05) is 6.61 Å². The largest absolute Gasteiger partial charge is 0.373 e. The molecule has 0 bridgehead atoms. The van der Waals surface area contributed by atoms with Crippen LogP contribution in [0, 0.1) is 0 Å². The Morgan fingerprint density at radius 3 is 2.56 bits per heavy atom. The van der Waals surface area contributed by atoms with Gasteiger partial charge in [-0.05, 0) is 46.5 Å². The number of hydrogen-bond acceptors (Lipinski definition) is 3. The smallest absolute Gasteiger partial charge is 0.158 e. The van der Waals surface area contributed by atoms with Crippen LogP contribution in [-0.4, -0.2) is 31.2 Å². The highest BCUT2D eigenvalue weighted by atomic mass is 16.7. The van der Waals surface area contributed by atoms with Gasteiger partial charge in [0.05, 0.1) is 18.3 Å². The van der Waals surface area contributed by atoms with Crippen LogP contribution in [0.4, 0.5) is 0 Å². The summed E-state index contributed by atoms with van der Waals surface area (Å²) in [4.78, 5) is 0. The van der Waals surface area contributed by atoms with E-state index in [4.69, 9.17) is 14.2 Å². The lowest BCUT2D eigenvalue weighted by atomic mass is 10.2. The van der Waals surface area contributed by atoms with E-state index in [0.717, 1.165) is 25.9 Å². The molecule has 2 atom stereocenters. The second kappa shape index (κ2) is 6.58. The zero-order valence-electron chi connectivity index (χ0n) is 11.1. The summed E-state index contributed by atoms with van der Waals surface area (Å²) in [5, 5.41) is 0. The normalized spacial score (nSPS) is 24.4. The maximum atomic E-state index is 5.89. The summed E-state index contributed by atoms with van der Waals surface area (Å²) >= 11 is 0. The highest BCUT2D eigenvalue weighted by Crippen LogP contribution is 2.18. The molecule has 16 heavy (non-hydrogen) atoms. The summed E-state index contributed by atoms with van der Waals surface area (Å²) in [6.45, 7) is 9.81. The molecule has 0 radical (unpaired) electrons. The van der Waals surface area contributed by atoms with Gasteiger partial charge in [-0.1, -0.05) is 6.92 Å². The van der Waals surface area contributed by atoms with Crippen LogP contribution < -0.4 is 0 Å². The Balaban J connectivity index is 2.25. The first-order chi connectivity index (χ1) is 7.51. The van der Waals surface area contributed by atoms with Gasteiger partial charge in [-0.3, -0.25) is 0 Å². The molecule has 1 aliphatic heterocycles. The number of rotatable bonds is 5. The summed E-state index contributed by atoms with van der Waals surface area (Å²) in [6, 6.07) is 0. The van der Waals surface area contributed by atoms with E-state index in [0.29, 0.717) is 6.61 Å². The molecular formula is C13H26O3. The molecule has 0 aromatic rings. The fourth-order valence-electron chi connectivity index (χ4n) is 1.63. The van der Waals surface area contributed by atoms with Gasteiger partial charge in [0.15, 0.2) is 6.29 Å². The van der Waals surface area contributed by atoms with Crippen molar-refractivity contribution in [2.24, 2.45) is 0 Å². The minimum Gasteiger partial charge on any atom is -0.373 e. The van der Waals surface area contributed by atoms with Crippen molar-refractivity contribution < 1.29 is 14.2 Å². The molecule has 3 nitrogen and oxygen atoms in total. The highest BCUT2D eigenvalue weighted by molar-refractivity contribution is 4.64. The van der Waals surface area contributed by atoms with Gasteiger partial charge < -0.3 is 14.2 Å². The second-order valence-electron chi connectivity index (χ2n) is 5.39. The summed E-state index contributed by atoms with van der Waals surface area (Å²) in [5.41, 5.74) is -0.0931. The molecule has 0 aliphatic carbocycles. The summed E-state index contributed by atoms with van der Waals surface area (Å²) in [6.07, 6.45) is 4.50. The van der Waals surface area contributed by atoms with Gasteiger partial charge in [-0.25, -0.2) is 0 Å². The third-order valence-corrected chi connectivity index (χ3v) is 2.64. The standard InChI is InChI=1S/C13H26O3/c1-5-11(10-15-13(2,3)4)16-12-8-6-7-9-14-12/h11-12H,5-10H2,1-4H3. The lowest BCUT2D eigenvalue weighted by Gasteiger charge is -2.29. The zero-order valence-corrected chi connectivity index (χ0v) is 11.1. The Bertz CT molecular complexity index is 180. The van der Waals surface area contributed by atoms with Crippen LogP contribution in [-0.2, 0) is 14.2 Å². The van der Waals surface area contributed by atoms with Crippen LogP contribution in [0.25, 0.3) is 0 Å². The molecular weight excluding hydrogens is 204 g/mol. The van der Waals surface area contributed by atoms with Gasteiger partial charge in [0.2, 0.25) is 0 Å². The average molecular weight is 230 g/mol. The average Bonchev–Trinajstić information content (AvgIpc) is 2.24. The molecule has 1 heterocycles. The SMILES string of the molecule is CCC(COC(C)(C)C)OC1CCCCO1. The molecule has 1 aliphatic rings. The first-order valence-corrected chi connectivity index (χ1v) is 6.42. The fraction of sp³-hybridized carbons (Fsp3) is 1.00. The number of ether oxygens (including phenoxy) is 3. The summed E-state index contributed by atoms with van der Waals surface area (Å²) < 4.78 is 17.2. The maximum absolute atomic E-state index is 5.89. The van der Waals surface area contributed by atoms with Crippen molar-refractivity contribution >= 4 is 0 Å². The number of hydrogen-bond donors (Lipinski definition) is 0. The van der Waals surface area contributed by atoms with Crippen LogP contribution in [0.15, 0.2) is 0 Å². The second-order valence-corrected chi connectivity index (χ2v) is 5.39. The summed E-state index contributed by atoms with van der Waals surface area (Å²) in [5.74, 6) is 0. The lowest BCUT2D eigenvalue weighted by Crippen LogP contribution is -2.33. The van der Waals surface area contributed by atoms with Crippen molar-refractivity contribution in [3.05, 3.63) is 0 Å². The molecule has 96 valence electrons. The van der Waals surface area contributed by atoms with Crippen molar-refractivity contribution in [3.63, 3.8) is 0 Å². The predicted octanol–water partition coefficient (Wildman–Crippen LogP) is 3.12. The monoisotopic (exact) mass is 230 g/mol. The molecule has 3 heteroatoms. The minimum atomic E-state index is -0.0931. The quantitative estimate of drug-likeness (QED) is 0.726. The van der Waals surface area contributed by atoms with Crippen LogP contribution >= 0.6 is 0 Å². The van der Waals surface area contributed by atoms with E-state index >= 15 is 0 Å². The maximum Gasteiger partial charge on any atom is 0.158 e. The summed E-state index contributed by atoms with van der Waals surface area (Å²) in [7, 11) is 0. The molecule has 2 unspecified atom stereocenters. The van der Waals surface area contributed by atoms with Crippen molar-refractivity contribution in [2.45, 2.75) is 71.4 Å². The lowest BCUT2D eigenvalue weighted by molar-refractivity contribution is -0.204. The van der Waals surface area contributed by atoms with Crippen molar-refractivity contribution in [1.82, 2.24) is 0 Å². The molecule has 1 fully saturated rings. The topological polar surface area (TPSA) is 27.7 Å². The van der Waals surface area contributed by atoms with Gasteiger partial charge in [0.25, 0.3) is 0 Å². The van der Waals surface area contributed by atoms with Crippen LogP contribution in [0.2, 0.25) is 0 Å². The first kappa shape index (κ1) is 13.9. The molecule has 0 saturated carbocycles. The Labute approximate surface area is 99.5 Å². The van der Waals surface area contributed by atoms with Crippen molar-refractivity contribution in [3.8, 4) is 0 Å². The van der Waals surface area contributed by atoms with Gasteiger partial charge >= 0.3 is 0 Å². The first-order valence-electron chi connectivity index (χ1n) is 6.42. The highest BCUT2D eigenvalue weighted by Gasteiger charge is 2.20. The molecule has 0 N–H and O–H groups in total. The van der Waals surface area contributed by atoms with E-state index in [2.05, 4.69) is 27.7 Å². The molecule has 0 aromatic heterocycles. The Kier molecular flexibility index (Phi) is 5.73. The van der Waals surface area contributed by atoms with E-state index in [1.807, 2.05) is 0 Å². The fourth-order valence-corrected chi connectivity index (χ4v) is 1.63. The predicted molar refractivity (Wildman–Crippen MR) is 64.5 cm³/mol. The van der Waals surface area contributed by atoms with Crippen LogP contribution in [0.1, 0.15) is 53.4 Å². The third-order valence-electron chi connectivity index (χ3n) is 2.64. The van der Waals surface area contributed by atoms with Gasteiger partial charge in [0.1, 0.15) is 0 Å². The molecule has 0 amide bonds. The third kappa shape index (κ3) is 5.83. The molecule has 1 saturated heterocycles. The van der Waals surface area contributed by atoms with Crippen LogP contribution in [0.5, 0.6) is 0 Å². The van der Waals surface area contributed by atoms with Gasteiger partial charge in [-0.2, -0.15) is 0 Å². The zero-order chi connectivity index (χ0) is 12.0. The van der Waals surface area contributed by atoms with Gasteiger partial charge in [-0.15, -0.1) is 0 Å². The van der Waals surface area contributed by atoms with Crippen LogP contribution in [0.3, 0.4) is 0 Å². The molecule has 0 aromatic carbocycles. The minimum absolute atomic E-state index is 0.0118. The van der Waals surface area contributed by atoms with E-state index < -0.39 is 0 Å². The van der Waals surface area contributed by atoms with E-state index in [1.54, 1.807) is 0 Å². The van der Waals surface area contributed by atoms with Crippen molar-refractivity contribution in [1.29, 1.82) is 0 Å². The molecule has 0 spiro atoms. The van der Waals surface area contributed by atoms with Crippen molar-refractivity contribution in [2.75, 3.05) is 13.2 Å². The van der Waals surface area contributed by atoms with E-state index in [-0.39, 0.29) is 18.0 Å². The Morgan fingerprint density at radius 1 is 1.31 bits per heavy atom.